The van der Waals surface area contributed by atoms with E-state index in [1.54, 1.807) is 11.8 Å². The van der Waals surface area contributed by atoms with Crippen molar-refractivity contribution < 1.29 is 5.11 Å². The highest BCUT2D eigenvalue weighted by Crippen LogP contribution is 2.24. The fourth-order valence-electron chi connectivity index (χ4n) is 1.58. The fourth-order valence-corrected chi connectivity index (χ4v) is 2.45. The highest BCUT2D eigenvalue weighted by atomic mass is 32.2. The lowest BCUT2D eigenvalue weighted by atomic mass is 10.1. The Hall–Kier alpha value is -1.25. The number of aliphatic hydroxyl groups is 1. The van der Waals surface area contributed by atoms with E-state index in [1.165, 1.54) is 10.5 Å². The highest BCUT2D eigenvalue weighted by Gasteiger charge is 2.07. The molecule has 1 N–H and O–H groups in total. The molecule has 2 aromatic carbocycles. The van der Waals surface area contributed by atoms with E-state index in [2.05, 4.69) is 31.2 Å². The van der Waals surface area contributed by atoms with Gasteiger partial charge in [-0.1, -0.05) is 48.0 Å². The summed E-state index contributed by atoms with van der Waals surface area (Å²) in [5.41, 5.74) is 2.24. The Labute approximate surface area is 107 Å². The van der Waals surface area contributed by atoms with Crippen LogP contribution in [0.25, 0.3) is 0 Å². The van der Waals surface area contributed by atoms with Crippen molar-refractivity contribution in [3.8, 4) is 0 Å². The van der Waals surface area contributed by atoms with Crippen molar-refractivity contribution in [3.05, 3.63) is 65.7 Å². The number of aryl methyl sites for hydroxylation is 1. The van der Waals surface area contributed by atoms with E-state index in [9.17, 15) is 5.11 Å². The molecular weight excluding hydrogens is 228 g/mol. The predicted molar refractivity (Wildman–Crippen MR) is 73.3 cm³/mol. The molecule has 2 rings (SSSR count). The summed E-state index contributed by atoms with van der Waals surface area (Å²) in [5.74, 6) is 0.688. The second-order valence-corrected chi connectivity index (χ2v) is 5.14. The normalized spacial score (nSPS) is 12.4. The van der Waals surface area contributed by atoms with Crippen LogP contribution in [0.15, 0.2) is 59.5 Å². The minimum absolute atomic E-state index is 0.400. The Morgan fingerprint density at radius 2 is 1.65 bits per heavy atom. The zero-order valence-electron chi connectivity index (χ0n) is 9.84. The van der Waals surface area contributed by atoms with Crippen molar-refractivity contribution >= 4 is 11.8 Å². The molecule has 0 fully saturated rings. The zero-order valence-corrected chi connectivity index (χ0v) is 10.7. The molecule has 0 unspecified atom stereocenters. The molecule has 1 atom stereocenters. The number of rotatable bonds is 4. The summed E-state index contributed by atoms with van der Waals surface area (Å²) in [7, 11) is 0. The van der Waals surface area contributed by atoms with Crippen LogP contribution >= 0.6 is 11.8 Å². The fraction of sp³-hybridized carbons (Fsp3) is 0.200. The predicted octanol–water partition coefficient (Wildman–Crippen LogP) is 3.82. The average Bonchev–Trinajstić information content (AvgIpc) is 2.39. The lowest BCUT2D eigenvalue weighted by Gasteiger charge is -2.10. The third-order valence-electron chi connectivity index (χ3n) is 2.61. The van der Waals surface area contributed by atoms with Gasteiger partial charge in [-0.25, -0.2) is 0 Å². The first-order valence-corrected chi connectivity index (χ1v) is 6.67. The molecule has 0 aromatic heterocycles. The van der Waals surface area contributed by atoms with Gasteiger partial charge in [-0.2, -0.15) is 0 Å². The molecule has 2 aromatic rings. The van der Waals surface area contributed by atoms with Crippen LogP contribution in [0.5, 0.6) is 0 Å². The first kappa shape index (κ1) is 12.2. The van der Waals surface area contributed by atoms with E-state index in [-0.39, 0.29) is 0 Å². The second-order valence-electron chi connectivity index (χ2n) is 4.05. The highest BCUT2D eigenvalue weighted by molar-refractivity contribution is 7.99. The summed E-state index contributed by atoms with van der Waals surface area (Å²) in [4.78, 5) is 1.20. The Balaban J connectivity index is 1.92. The molecule has 0 aliphatic heterocycles. The third-order valence-corrected chi connectivity index (χ3v) is 3.70. The standard InChI is InChI=1S/C15H16OS/c1-12-7-9-14(10-8-12)17-11-15(16)13-5-3-2-4-6-13/h2-10,15-16H,11H2,1H3/t15-/m0/s1. The number of hydrogen-bond donors (Lipinski definition) is 1. The summed E-state index contributed by atoms with van der Waals surface area (Å²) in [6.45, 7) is 2.08. The van der Waals surface area contributed by atoms with Crippen LogP contribution in [0.2, 0.25) is 0 Å². The smallest absolute Gasteiger partial charge is 0.0883 e. The van der Waals surface area contributed by atoms with Gasteiger partial charge in [0.25, 0.3) is 0 Å². The summed E-state index contributed by atoms with van der Waals surface area (Å²) >= 11 is 1.68. The van der Waals surface area contributed by atoms with E-state index >= 15 is 0 Å². The zero-order chi connectivity index (χ0) is 12.1. The maximum Gasteiger partial charge on any atom is 0.0883 e. The summed E-state index contributed by atoms with van der Waals surface area (Å²) < 4.78 is 0. The quantitative estimate of drug-likeness (QED) is 0.825. The van der Waals surface area contributed by atoms with E-state index in [0.717, 1.165) is 5.56 Å². The second kappa shape index (κ2) is 5.89. The van der Waals surface area contributed by atoms with Crippen molar-refractivity contribution in [2.24, 2.45) is 0 Å². The lowest BCUT2D eigenvalue weighted by Crippen LogP contribution is -1.99. The molecule has 88 valence electrons. The Morgan fingerprint density at radius 3 is 2.29 bits per heavy atom. The Morgan fingerprint density at radius 1 is 1.00 bits per heavy atom. The van der Waals surface area contributed by atoms with Gasteiger partial charge in [-0.15, -0.1) is 11.8 Å². The molecule has 0 amide bonds. The molecule has 0 aliphatic carbocycles. The van der Waals surface area contributed by atoms with Gasteiger partial charge in [0.2, 0.25) is 0 Å². The molecule has 0 radical (unpaired) electrons. The van der Waals surface area contributed by atoms with Crippen LogP contribution in [0.1, 0.15) is 17.2 Å². The number of aliphatic hydroxyl groups excluding tert-OH is 1. The van der Waals surface area contributed by atoms with E-state index in [0.29, 0.717) is 5.75 Å². The van der Waals surface area contributed by atoms with Crippen molar-refractivity contribution in [3.63, 3.8) is 0 Å². The van der Waals surface area contributed by atoms with Gasteiger partial charge in [-0.05, 0) is 24.6 Å². The van der Waals surface area contributed by atoms with Gasteiger partial charge in [0.15, 0.2) is 0 Å². The molecule has 0 saturated carbocycles. The molecule has 0 spiro atoms. The minimum atomic E-state index is -0.400. The first-order valence-electron chi connectivity index (χ1n) is 5.68. The van der Waals surface area contributed by atoms with Crippen molar-refractivity contribution in [2.75, 3.05) is 5.75 Å². The van der Waals surface area contributed by atoms with Crippen molar-refractivity contribution in [2.45, 2.75) is 17.9 Å². The Kier molecular flexibility index (Phi) is 4.24. The number of hydrogen-bond acceptors (Lipinski definition) is 2. The molecule has 0 heterocycles. The summed E-state index contributed by atoms with van der Waals surface area (Å²) in [6.07, 6.45) is -0.400. The van der Waals surface area contributed by atoms with Gasteiger partial charge in [-0.3, -0.25) is 0 Å². The average molecular weight is 244 g/mol. The topological polar surface area (TPSA) is 20.2 Å². The van der Waals surface area contributed by atoms with E-state index in [1.807, 2.05) is 30.3 Å². The van der Waals surface area contributed by atoms with Crippen molar-refractivity contribution in [1.29, 1.82) is 0 Å². The molecule has 17 heavy (non-hydrogen) atoms. The molecule has 0 aliphatic rings. The molecule has 1 nitrogen and oxygen atoms in total. The van der Waals surface area contributed by atoms with E-state index < -0.39 is 6.10 Å². The largest absolute Gasteiger partial charge is 0.388 e. The van der Waals surface area contributed by atoms with Crippen LogP contribution in [0.3, 0.4) is 0 Å². The molecule has 2 heteroatoms. The summed E-state index contributed by atoms with van der Waals surface area (Å²) in [6, 6.07) is 18.2. The molecule has 0 saturated heterocycles. The van der Waals surface area contributed by atoms with E-state index in [4.69, 9.17) is 0 Å². The first-order chi connectivity index (χ1) is 8.25. The lowest BCUT2D eigenvalue weighted by molar-refractivity contribution is 0.204. The molecular formula is C15H16OS. The van der Waals surface area contributed by atoms with Crippen LogP contribution in [0.4, 0.5) is 0 Å². The maximum absolute atomic E-state index is 10.0. The van der Waals surface area contributed by atoms with Gasteiger partial charge in [0.1, 0.15) is 0 Å². The molecule has 0 bridgehead atoms. The van der Waals surface area contributed by atoms with Gasteiger partial charge in [0, 0.05) is 10.6 Å². The van der Waals surface area contributed by atoms with Crippen LogP contribution in [0, 0.1) is 6.92 Å². The van der Waals surface area contributed by atoms with Crippen LogP contribution < -0.4 is 0 Å². The summed E-state index contributed by atoms with van der Waals surface area (Å²) in [5, 5.41) is 10.0. The maximum atomic E-state index is 10.0. The van der Waals surface area contributed by atoms with Crippen LogP contribution in [-0.4, -0.2) is 10.9 Å². The van der Waals surface area contributed by atoms with Gasteiger partial charge in [0.05, 0.1) is 6.10 Å². The Bertz CT molecular complexity index is 450. The SMILES string of the molecule is Cc1ccc(SC[C@H](O)c2ccccc2)cc1. The number of benzene rings is 2. The van der Waals surface area contributed by atoms with Gasteiger partial charge >= 0.3 is 0 Å². The minimum Gasteiger partial charge on any atom is -0.388 e. The number of thioether (sulfide) groups is 1. The van der Waals surface area contributed by atoms with Gasteiger partial charge < -0.3 is 5.11 Å². The van der Waals surface area contributed by atoms with Crippen molar-refractivity contribution in [1.82, 2.24) is 0 Å². The third kappa shape index (κ3) is 3.62. The monoisotopic (exact) mass is 244 g/mol. The van der Waals surface area contributed by atoms with Crippen LogP contribution in [-0.2, 0) is 0 Å².